The van der Waals surface area contributed by atoms with E-state index >= 15 is 0 Å². The van der Waals surface area contributed by atoms with E-state index in [-0.39, 0.29) is 6.04 Å². The second kappa shape index (κ2) is 12.4. The predicted octanol–water partition coefficient (Wildman–Crippen LogP) is 11.8. The number of para-hydroxylation sites is 1. The zero-order valence-electron chi connectivity index (χ0n) is 25.8. The Balaban J connectivity index is 1.07. The topological polar surface area (TPSA) is 6.48 Å². The van der Waals surface area contributed by atoms with Crippen molar-refractivity contribution in [3.05, 3.63) is 193 Å². The molecule has 0 radical (unpaired) electrons. The number of benzene rings is 6. The summed E-state index contributed by atoms with van der Waals surface area (Å²) in [5, 5.41) is 5.03. The van der Waals surface area contributed by atoms with Gasteiger partial charge in [0.2, 0.25) is 0 Å². The summed E-state index contributed by atoms with van der Waals surface area (Å²) in [6.45, 7) is 0. The van der Waals surface area contributed by atoms with Gasteiger partial charge < -0.3 is 9.80 Å². The Morgan fingerprint density at radius 2 is 1.09 bits per heavy atom. The lowest BCUT2D eigenvalue weighted by Crippen LogP contribution is -2.33. The van der Waals surface area contributed by atoms with Crippen molar-refractivity contribution < 1.29 is 0 Å². The zero-order chi connectivity index (χ0) is 30.7. The first-order valence-electron chi connectivity index (χ1n) is 16.2. The van der Waals surface area contributed by atoms with Crippen LogP contribution in [0.3, 0.4) is 0 Å². The van der Waals surface area contributed by atoms with Crippen LogP contribution < -0.4 is 9.80 Å². The Morgan fingerprint density at radius 1 is 0.478 bits per heavy atom. The van der Waals surface area contributed by atoms with E-state index in [1.54, 1.807) is 0 Å². The molecule has 0 amide bonds. The van der Waals surface area contributed by atoms with Crippen LogP contribution in [-0.4, -0.2) is 6.04 Å². The highest BCUT2D eigenvalue weighted by Crippen LogP contribution is 2.38. The molecule has 0 aliphatic heterocycles. The number of fused-ring (bicyclic) bond motifs is 2. The minimum atomic E-state index is 0.289. The number of rotatable bonds is 7. The molecule has 0 spiro atoms. The van der Waals surface area contributed by atoms with E-state index in [0.717, 1.165) is 29.9 Å². The molecule has 2 heteroatoms. The molecule has 0 saturated carbocycles. The van der Waals surface area contributed by atoms with Gasteiger partial charge in [-0.1, -0.05) is 127 Å². The van der Waals surface area contributed by atoms with Gasteiger partial charge in [0.1, 0.15) is 0 Å². The average molecular weight is 593 g/mol. The molecule has 0 bridgehead atoms. The van der Waals surface area contributed by atoms with Crippen LogP contribution in [0.15, 0.2) is 188 Å². The summed E-state index contributed by atoms with van der Waals surface area (Å²) in [6.07, 6.45) is 18.0. The van der Waals surface area contributed by atoms with Gasteiger partial charge in [0, 0.05) is 34.4 Å². The maximum absolute atomic E-state index is 2.50. The van der Waals surface area contributed by atoms with Gasteiger partial charge in [-0.2, -0.15) is 0 Å². The SMILES string of the molecule is C1=CCC(N(C2=CCC(c3ccc(N(c4ccccc4)c4ccc5ccccc5c4)cc3)C=C2)c2ccc3ccccc3c2)C=C1. The average Bonchev–Trinajstić information content (AvgIpc) is 3.13. The van der Waals surface area contributed by atoms with Gasteiger partial charge in [-0.15, -0.1) is 0 Å². The van der Waals surface area contributed by atoms with Crippen molar-refractivity contribution in [2.75, 3.05) is 9.80 Å². The standard InChI is InChI=1S/C44H36N2/c1-3-15-39(16-4-1)45(43-29-23-33-11-7-9-13-37(33)31-43)41-25-19-35(20-26-41)36-21-27-42(28-22-36)46(40-17-5-2-6-18-40)44-30-24-34-12-8-10-14-38(34)32-44/h1-17,19-21,23-32,36,40H,18,22H2. The summed E-state index contributed by atoms with van der Waals surface area (Å²) in [7, 11) is 0. The summed E-state index contributed by atoms with van der Waals surface area (Å²) in [4.78, 5) is 4.85. The highest BCUT2D eigenvalue weighted by Gasteiger charge is 2.23. The Bertz CT molecular complexity index is 2120. The van der Waals surface area contributed by atoms with Gasteiger partial charge in [-0.05, 0) is 94.6 Å². The van der Waals surface area contributed by atoms with Gasteiger partial charge in [0.15, 0.2) is 0 Å². The fourth-order valence-electron chi connectivity index (χ4n) is 6.86. The van der Waals surface area contributed by atoms with E-state index in [2.05, 4.69) is 192 Å². The molecule has 0 fully saturated rings. The van der Waals surface area contributed by atoms with Gasteiger partial charge in [-0.3, -0.25) is 0 Å². The normalized spacial score (nSPS) is 17.3. The molecule has 2 nitrogen and oxygen atoms in total. The predicted molar refractivity (Wildman–Crippen MR) is 196 cm³/mol. The molecule has 6 aromatic rings. The molecule has 8 rings (SSSR count). The number of nitrogens with zero attached hydrogens (tertiary/aromatic N) is 2. The Morgan fingerprint density at radius 3 is 1.74 bits per heavy atom. The summed E-state index contributed by atoms with van der Waals surface area (Å²) >= 11 is 0. The van der Waals surface area contributed by atoms with E-state index < -0.39 is 0 Å². The smallest absolute Gasteiger partial charge is 0.0559 e. The number of hydrogen-bond donors (Lipinski definition) is 0. The molecule has 0 heterocycles. The molecular formula is C44H36N2. The van der Waals surface area contributed by atoms with Crippen LogP contribution in [0.4, 0.5) is 22.7 Å². The minimum Gasteiger partial charge on any atom is -0.334 e. The van der Waals surface area contributed by atoms with E-state index in [0.29, 0.717) is 5.92 Å². The summed E-state index contributed by atoms with van der Waals surface area (Å²) in [5.41, 5.74) is 7.29. The first kappa shape index (κ1) is 27.9. The van der Waals surface area contributed by atoms with Crippen molar-refractivity contribution in [2.45, 2.75) is 24.8 Å². The lowest BCUT2D eigenvalue weighted by atomic mass is 9.90. The van der Waals surface area contributed by atoms with Gasteiger partial charge in [0.25, 0.3) is 0 Å². The number of hydrogen-bond acceptors (Lipinski definition) is 2. The van der Waals surface area contributed by atoms with Gasteiger partial charge >= 0.3 is 0 Å². The Kier molecular flexibility index (Phi) is 7.54. The summed E-state index contributed by atoms with van der Waals surface area (Å²) < 4.78 is 0. The van der Waals surface area contributed by atoms with Crippen molar-refractivity contribution >= 4 is 44.3 Å². The van der Waals surface area contributed by atoms with E-state index in [1.165, 1.54) is 38.5 Å². The third kappa shape index (κ3) is 5.55. The monoisotopic (exact) mass is 592 g/mol. The van der Waals surface area contributed by atoms with Crippen molar-refractivity contribution in [2.24, 2.45) is 0 Å². The number of anilines is 4. The van der Waals surface area contributed by atoms with Crippen molar-refractivity contribution in [3.8, 4) is 0 Å². The van der Waals surface area contributed by atoms with Crippen LogP contribution in [0.5, 0.6) is 0 Å². The van der Waals surface area contributed by atoms with Gasteiger partial charge in [-0.25, -0.2) is 0 Å². The minimum absolute atomic E-state index is 0.289. The molecule has 0 N–H and O–H groups in total. The molecule has 2 unspecified atom stereocenters. The second-order valence-corrected chi connectivity index (χ2v) is 12.1. The van der Waals surface area contributed by atoms with E-state index in [4.69, 9.17) is 0 Å². The largest absolute Gasteiger partial charge is 0.334 e. The van der Waals surface area contributed by atoms with Crippen molar-refractivity contribution in [1.29, 1.82) is 0 Å². The molecule has 0 aromatic heterocycles. The lowest BCUT2D eigenvalue weighted by Gasteiger charge is -2.35. The molecule has 2 aliphatic rings. The fourth-order valence-corrected chi connectivity index (χ4v) is 6.86. The quantitative estimate of drug-likeness (QED) is 0.182. The molecular weight excluding hydrogens is 556 g/mol. The first-order chi connectivity index (χ1) is 22.8. The van der Waals surface area contributed by atoms with Crippen LogP contribution in [0.2, 0.25) is 0 Å². The third-order valence-electron chi connectivity index (χ3n) is 9.24. The van der Waals surface area contributed by atoms with Crippen molar-refractivity contribution in [1.82, 2.24) is 0 Å². The third-order valence-corrected chi connectivity index (χ3v) is 9.24. The Hall–Kier alpha value is -5.60. The highest BCUT2D eigenvalue weighted by molar-refractivity contribution is 5.89. The lowest BCUT2D eigenvalue weighted by molar-refractivity contribution is 0.745. The van der Waals surface area contributed by atoms with Crippen LogP contribution >= 0.6 is 0 Å². The molecule has 222 valence electrons. The van der Waals surface area contributed by atoms with Crippen molar-refractivity contribution in [3.63, 3.8) is 0 Å². The van der Waals surface area contributed by atoms with Crippen LogP contribution in [0.25, 0.3) is 21.5 Å². The Labute approximate surface area is 271 Å². The maximum atomic E-state index is 2.50. The first-order valence-corrected chi connectivity index (χ1v) is 16.2. The molecule has 46 heavy (non-hydrogen) atoms. The molecule has 0 saturated heterocycles. The zero-order valence-corrected chi connectivity index (χ0v) is 25.8. The van der Waals surface area contributed by atoms with E-state index in [1.807, 2.05) is 0 Å². The highest BCUT2D eigenvalue weighted by atomic mass is 15.2. The van der Waals surface area contributed by atoms with E-state index in [9.17, 15) is 0 Å². The van der Waals surface area contributed by atoms with Crippen LogP contribution in [0.1, 0.15) is 24.3 Å². The van der Waals surface area contributed by atoms with Crippen LogP contribution in [0, 0.1) is 0 Å². The molecule has 6 aromatic carbocycles. The molecule has 2 atom stereocenters. The maximum Gasteiger partial charge on any atom is 0.0559 e. The second-order valence-electron chi connectivity index (χ2n) is 12.1. The fraction of sp³-hybridized carbons (Fsp3) is 0.0909. The number of allylic oxidation sites excluding steroid dienone is 5. The molecule has 2 aliphatic carbocycles. The summed E-state index contributed by atoms with van der Waals surface area (Å²) in [6, 6.07) is 50.8. The van der Waals surface area contributed by atoms with Gasteiger partial charge in [0.05, 0.1) is 6.04 Å². The summed E-state index contributed by atoms with van der Waals surface area (Å²) in [5.74, 6) is 0.337. The van der Waals surface area contributed by atoms with Crippen LogP contribution in [-0.2, 0) is 0 Å².